The van der Waals surface area contributed by atoms with Gasteiger partial charge in [0.25, 0.3) is 11.8 Å². The van der Waals surface area contributed by atoms with Gasteiger partial charge in [-0.2, -0.15) is 0 Å². The van der Waals surface area contributed by atoms with E-state index in [1.807, 2.05) is 0 Å². The third kappa shape index (κ3) is 4.00. The molecule has 2 amide bonds. The van der Waals surface area contributed by atoms with Crippen LogP contribution in [0.2, 0.25) is 0 Å². The van der Waals surface area contributed by atoms with E-state index in [0.717, 1.165) is 11.3 Å². The lowest BCUT2D eigenvalue weighted by molar-refractivity contribution is -0.135. The molecule has 1 aliphatic rings. The van der Waals surface area contributed by atoms with Gasteiger partial charge in [-0.15, -0.1) is 11.3 Å². The molecular weight excluding hydrogens is 413 g/mol. The van der Waals surface area contributed by atoms with Crippen molar-refractivity contribution in [3.63, 3.8) is 0 Å². The Kier molecular flexibility index (Phi) is 6.07. The number of aliphatic hydroxyl groups excluding tert-OH is 1. The maximum Gasteiger partial charge on any atom is 0.277 e. The third-order valence-corrected chi connectivity index (χ3v) is 5.88. The zero-order chi connectivity index (χ0) is 22.1. The predicted molar refractivity (Wildman–Crippen MR) is 108 cm³/mol. The first kappa shape index (κ1) is 21.7. The Morgan fingerprint density at radius 2 is 2.23 bits per heavy atom. The highest BCUT2D eigenvalue weighted by atomic mass is 32.1. The molecule has 2 aromatic rings. The number of ether oxygens (including phenoxy) is 1. The number of hydrogen-bond donors (Lipinski definition) is 3. The second-order valence-corrected chi connectivity index (χ2v) is 7.75. The molecule has 1 aromatic heterocycles. The summed E-state index contributed by atoms with van der Waals surface area (Å²) in [5, 5.41) is 20.6. The number of primary amides is 1. The van der Waals surface area contributed by atoms with Crippen LogP contribution < -0.4 is 10.5 Å². The molecule has 30 heavy (non-hydrogen) atoms. The quantitative estimate of drug-likeness (QED) is 0.608. The minimum Gasteiger partial charge on any atom is -0.489 e. The van der Waals surface area contributed by atoms with Crippen LogP contribution >= 0.6 is 11.3 Å². The molecule has 1 aliphatic heterocycles. The normalized spacial score (nSPS) is 18.0. The topological polar surface area (TPSA) is 126 Å². The van der Waals surface area contributed by atoms with Gasteiger partial charge in [0.1, 0.15) is 19.0 Å². The van der Waals surface area contributed by atoms with Gasteiger partial charge in [-0.1, -0.05) is 11.8 Å². The number of nitrogens with two attached hydrogens (primary N) is 1. The van der Waals surface area contributed by atoms with E-state index in [-0.39, 0.29) is 22.2 Å². The van der Waals surface area contributed by atoms with Crippen LogP contribution in [-0.2, 0) is 10.4 Å². The number of carbonyl (C=O) groups excluding carboxylic acids is 2. The summed E-state index contributed by atoms with van der Waals surface area (Å²) in [6, 6.07) is 4.71. The Morgan fingerprint density at radius 3 is 2.87 bits per heavy atom. The van der Waals surface area contributed by atoms with Crippen LogP contribution in [0.4, 0.5) is 4.39 Å². The Morgan fingerprint density at radius 1 is 1.50 bits per heavy atom. The van der Waals surface area contributed by atoms with E-state index in [0.29, 0.717) is 23.4 Å². The number of likely N-dealkylation sites (N-methyl/N-ethyl adjacent to an activating group) is 1. The van der Waals surface area contributed by atoms with Crippen molar-refractivity contribution >= 4 is 23.2 Å². The number of halogens is 1. The molecule has 0 spiro atoms. The summed E-state index contributed by atoms with van der Waals surface area (Å²) in [4.78, 5) is 29.2. The molecular formula is C20H20FN3O5S. The molecule has 2 unspecified atom stereocenters. The van der Waals surface area contributed by atoms with E-state index in [1.165, 1.54) is 4.90 Å². The van der Waals surface area contributed by atoms with Gasteiger partial charge in [-0.25, -0.2) is 9.37 Å². The number of thiazole rings is 1. The molecule has 0 fully saturated rings. The second-order valence-electron chi connectivity index (χ2n) is 6.75. The molecule has 2 atom stereocenters. The molecule has 3 rings (SSSR count). The Bertz CT molecular complexity index is 1060. The second kappa shape index (κ2) is 8.39. The molecule has 0 aliphatic carbocycles. The van der Waals surface area contributed by atoms with E-state index in [4.69, 9.17) is 10.5 Å². The summed E-state index contributed by atoms with van der Waals surface area (Å²) >= 11 is 0.804. The van der Waals surface area contributed by atoms with Crippen LogP contribution in [0, 0.1) is 11.8 Å². The largest absolute Gasteiger partial charge is 0.489 e. The Labute approximate surface area is 176 Å². The van der Waals surface area contributed by atoms with E-state index in [2.05, 4.69) is 16.8 Å². The van der Waals surface area contributed by atoms with Gasteiger partial charge in [0.2, 0.25) is 0 Å². The van der Waals surface area contributed by atoms with Crippen LogP contribution in [0.3, 0.4) is 0 Å². The van der Waals surface area contributed by atoms with Gasteiger partial charge in [-0.3, -0.25) is 9.59 Å². The predicted octanol–water partition coefficient (Wildman–Crippen LogP) is 0.649. The monoisotopic (exact) mass is 433 g/mol. The van der Waals surface area contributed by atoms with Crippen molar-refractivity contribution < 1.29 is 28.9 Å². The van der Waals surface area contributed by atoms with Crippen LogP contribution in [0.25, 0.3) is 11.3 Å². The first-order chi connectivity index (χ1) is 14.2. The zero-order valence-corrected chi connectivity index (χ0v) is 17.1. The number of aliphatic hydroxyl groups is 2. The highest BCUT2D eigenvalue weighted by molar-refractivity contribution is 7.14. The maximum atomic E-state index is 13.7. The number of alkyl halides is 1. The van der Waals surface area contributed by atoms with Gasteiger partial charge in [-0.05, 0) is 25.1 Å². The molecule has 0 saturated carbocycles. The number of amides is 2. The van der Waals surface area contributed by atoms with Crippen LogP contribution in [0.5, 0.6) is 5.75 Å². The molecule has 2 heterocycles. The first-order valence-electron chi connectivity index (χ1n) is 9.01. The fourth-order valence-electron chi connectivity index (χ4n) is 2.78. The van der Waals surface area contributed by atoms with Gasteiger partial charge in [0, 0.05) is 24.7 Å². The average molecular weight is 433 g/mol. The number of carbonyl (C=O) groups is 2. The van der Waals surface area contributed by atoms with Crippen molar-refractivity contribution in [2.45, 2.75) is 18.6 Å². The summed E-state index contributed by atoms with van der Waals surface area (Å²) in [6.45, 7) is 0.695. The number of benzene rings is 1. The highest BCUT2D eigenvalue weighted by Gasteiger charge is 2.40. The lowest BCUT2D eigenvalue weighted by Crippen LogP contribution is -2.35. The van der Waals surface area contributed by atoms with Crippen LogP contribution in [0.1, 0.15) is 27.2 Å². The smallest absolute Gasteiger partial charge is 0.277 e. The van der Waals surface area contributed by atoms with E-state index < -0.39 is 30.2 Å². The molecule has 158 valence electrons. The molecule has 1 aromatic carbocycles. The summed E-state index contributed by atoms with van der Waals surface area (Å²) in [5.74, 6) is 4.19. The van der Waals surface area contributed by atoms with Crippen molar-refractivity contribution in [2.24, 2.45) is 5.73 Å². The highest BCUT2D eigenvalue weighted by Crippen LogP contribution is 2.43. The minimum atomic E-state index is -1.97. The molecule has 8 nitrogen and oxygen atoms in total. The van der Waals surface area contributed by atoms with E-state index >= 15 is 0 Å². The SMILES string of the molecule is CCN(C)C(=O)C(O)C#Cc1ccc2c(c1)-c1nc(C(N)=O)sc1C(O)(CF)CO2. The summed E-state index contributed by atoms with van der Waals surface area (Å²) in [5.41, 5.74) is 4.32. The van der Waals surface area contributed by atoms with E-state index in [9.17, 15) is 24.2 Å². The first-order valence-corrected chi connectivity index (χ1v) is 9.83. The fourth-order valence-corrected chi connectivity index (χ4v) is 3.77. The zero-order valence-electron chi connectivity index (χ0n) is 16.3. The lowest BCUT2D eigenvalue weighted by Gasteiger charge is -2.21. The van der Waals surface area contributed by atoms with Crippen molar-refractivity contribution in [3.8, 4) is 28.8 Å². The minimum absolute atomic E-state index is 0.0696. The Hall–Kier alpha value is -3.00. The average Bonchev–Trinajstić information content (AvgIpc) is 3.17. The molecule has 0 radical (unpaired) electrons. The van der Waals surface area contributed by atoms with Gasteiger partial charge < -0.3 is 25.6 Å². The molecule has 0 saturated heterocycles. The number of fused-ring (bicyclic) bond motifs is 3. The Balaban J connectivity index is 2.05. The number of nitrogens with zero attached hydrogens (tertiary/aromatic N) is 2. The number of hydrogen-bond acceptors (Lipinski definition) is 7. The van der Waals surface area contributed by atoms with Crippen LogP contribution in [-0.4, -0.2) is 64.9 Å². The fraction of sp³-hybridized carbons (Fsp3) is 0.350. The summed E-state index contributed by atoms with van der Waals surface area (Å²) in [7, 11) is 1.55. The summed E-state index contributed by atoms with van der Waals surface area (Å²) in [6.07, 6.45) is -1.49. The molecule has 10 heteroatoms. The van der Waals surface area contributed by atoms with E-state index in [1.54, 1.807) is 32.2 Å². The molecule has 4 N–H and O–H groups in total. The van der Waals surface area contributed by atoms with Crippen LogP contribution in [0.15, 0.2) is 18.2 Å². The van der Waals surface area contributed by atoms with Crippen molar-refractivity contribution in [1.29, 1.82) is 0 Å². The van der Waals surface area contributed by atoms with Crippen molar-refractivity contribution in [3.05, 3.63) is 33.6 Å². The lowest BCUT2D eigenvalue weighted by atomic mass is 10.00. The number of rotatable bonds is 4. The standard InChI is InChI=1S/C20H20FN3O5S/c1-3-24(2)19(27)13(25)6-4-11-5-7-14-12(8-11)15-16(20(28,9-21)10-29-14)30-18(23-15)17(22)26/h5,7-8,13,25,28H,3,9-10H2,1-2H3,(H2,22,26). The van der Waals surface area contributed by atoms with Crippen molar-refractivity contribution in [2.75, 3.05) is 26.9 Å². The van der Waals surface area contributed by atoms with Gasteiger partial charge >= 0.3 is 0 Å². The third-order valence-electron chi connectivity index (χ3n) is 4.62. The van der Waals surface area contributed by atoms with Gasteiger partial charge in [0.15, 0.2) is 16.7 Å². The molecule has 0 bridgehead atoms. The van der Waals surface area contributed by atoms with Gasteiger partial charge in [0.05, 0.1) is 10.6 Å². The summed E-state index contributed by atoms with van der Waals surface area (Å²) < 4.78 is 19.2. The maximum absolute atomic E-state index is 13.7. The van der Waals surface area contributed by atoms with Crippen molar-refractivity contribution in [1.82, 2.24) is 9.88 Å². The number of aromatic nitrogens is 1.